The van der Waals surface area contributed by atoms with E-state index in [0.717, 1.165) is 10.4 Å². The van der Waals surface area contributed by atoms with Crippen LogP contribution in [0.5, 0.6) is 0 Å². The maximum atomic E-state index is 12.8. The molecule has 25 heavy (non-hydrogen) atoms. The molecule has 0 amide bonds. The summed E-state index contributed by atoms with van der Waals surface area (Å²) in [7, 11) is 1.61. The minimum absolute atomic E-state index is 0.177. The SMILES string of the molecule is Cn1c(=O)n(Cc2ccncc2)c(=O)c2cnc(-c3cccs3)nc21. The number of hydrogen-bond donors (Lipinski definition) is 0. The summed E-state index contributed by atoms with van der Waals surface area (Å²) < 4.78 is 2.57. The number of aryl methyl sites for hydroxylation is 1. The lowest BCUT2D eigenvalue weighted by Crippen LogP contribution is -2.39. The monoisotopic (exact) mass is 351 g/mol. The molecule has 0 spiro atoms. The molecule has 124 valence electrons. The molecule has 0 N–H and O–H groups in total. The zero-order chi connectivity index (χ0) is 17.4. The second-order valence-electron chi connectivity index (χ2n) is 5.50. The van der Waals surface area contributed by atoms with E-state index in [1.807, 2.05) is 17.5 Å². The quantitative estimate of drug-likeness (QED) is 0.561. The molecule has 7 nitrogen and oxygen atoms in total. The van der Waals surface area contributed by atoms with E-state index in [1.165, 1.54) is 26.7 Å². The number of pyridine rings is 1. The minimum atomic E-state index is -0.412. The van der Waals surface area contributed by atoms with Gasteiger partial charge in [0.2, 0.25) is 0 Å². The molecule has 4 aromatic heterocycles. The van der Waals surface area contributed by atoms with Crippen LogP contribution in [-0.2, 0) is 13.6 Å². The molecular formula is C17H13N5O2S. The van der Waals surface area contributed by atoms with Crippen LogP contribution in [0.25, 0.3) is 21.7 Å². The Hall–Kier alpha value is -3.13. The van der Waals surface area contributed by atoms with E-state index in [-0.39, 0.29) is 6.54 Å². The summed E-state index contributed by atoms with van der Waals surface area (Å²) in [5.74, 6) is 0.504. The first-order valence-electron chi connectivity index (χ1n) is 7.54. The van der Waals surface area contributed by atoms with Crippen molar-refractivity contribution in [1.82, 2.24) is 24.1 Å². The Morgan fingerprint density at radius 3 is 2.68 bits per heavy atom. The maximum Gasteiger partial charge on any atom is 0.332 e. The Bertz CT molecular complexity index is 1160. The van der Waals surface area contributed by atoms with Crippen LogP contribution >= 0.6 is 11.3 Å². The second kappa shape index (κ2) is 6.06. The molecule has 0 aromatic carbocycles. The molecule has 4 aromatic rings. The normalized spacial score (nSPS) is 11.1. The third kappa shape index (κ3) is 2.66. The molecule has 0 radical (unpaired) electrons. The molecule has 0 bridgehead atoms. The van der Waals surface area contributed by atoms with E-state index in [1.54, 1.807) is 31.6 Å². The first-order chi connectivity index (χ1) is 12.1. The maximum absolute atomic E-state index is 12.8. The van der Waals surface area contributed by atoms with Crippen LogP contribution < -0.4 is 11.2 Å². The first-order valence-corrected chi connectivity index (χ1v) is 8.42. The highest BCUT2D eigenvalue weighted by Gasteiger charge is 2.14. The van der Waals surface area contributed by atoms with Crippen molar-refractivity contribution in [3.63, 3.8) is 0 Å². The van der Waals surface area contributed by atoms with Gasteiger partial charge in [-0.2, -0.15) is 0 Å². The topological polar surface area (TPSA) is 82.7 Å². The standard InChI is InChI=1S/C17H13N5O2S/c1-21-15-12(9-19-14(20-15)13-3-2-8-25-13)16(23)22(17(21)24)10-11-4-6-18-7-5-11/h2-9H,10H2,1H3. The van der Waals surface area contributed by atoms with Gasteiger partial charge in [0.05, 0.1) is 11.4 Å². The van der Waals surface area contributed by atoms with Gasteiger partial charge in [0, 0.05) is 25.6 Å². The molecule has 0 saturated heterocycles. The summed E-state index contributed by atoms with van der Waals surface area (Å²) >= 11 is 1.50. The largest absolute Gasteiger partial charge is 0.332 e. The highest BCUT2D eigenvalue weighted by Crippen LogP contribution is 2.21. The molecule has 0 saturated carbocycles. The minimum Gasteiger partial charge on any atom is -0.280 e. The van der Waals surface area contributed by atoms with Crippen LogP contribution in [0.3, 0.4) is 0 Å². The van der Waals surface area contributed by atoms with Crippen molar-refractivity contribution in [3.05, 3.63) is 74.6 Å². The van der Waals surface area contributed by atoms with E-state index in [9.17, 15) is 9.59 Å². The molecule has 4 heterocycles. The summed E-state index contributed by atoms with van der Waals surface area (Å²) in [5.41, 5.74) is 0.349. The van der Waals surface area contributed by atoms with Crippen molar-refractivity contribution in [2.75, 3.05) is 0 Å². The van der Waals surface area contributed by atoms with Gasteiger partial charge in [-0.3, -0.25) is 18.9 Å². The van der Waals surface area contributed by atoms with Crippen molar-refractivity contribution >= 4 is 22.4 Å². The summed E-state index contributed by atoms with van der Waals surface area (Å²) in [6, 6.07) is 7.34. The fourth-order valence-electron chi connectivity index (χ4n) is 2.62. The molecule has 0 aliphatic carbocycles. The van der Waals surface area contributed by atoms with Gasteiger partial charge in [-0.1, -0.05) is 6.07 Å². The van der Waals surface area contributed by atoms with E-state index in [0.29, 0.717) is 16.9 Å². The van der Waals surface area contributed by atoms with Crippen LogP contribution in [0, 0.1) is 0 Å². The van der Waals surface area contributed by atoms with Gasteiger partial charge < -0.3 is 0 Å². The summed E-state index contributed by atoms with van der Waals surface area (Å²) in [4.78, 5) is 39.0. The number of hydrogen-bond acceptors (Lipinski definition) is 6. The van der Waals surface area contributed by atoms with Gasteiger partial charge in [-0.25, -0.2) is 14.8 Å². The first kappa shape index (κ1) is 15.4. The van der Waals surface area contributed by atoms with Crippen molar-refractivity contribution in [3.8, 4) is 10.7 Å². The zero-order valence-electron chi connectivity index (χ0n) is 13.3. The molecule has 0 unspecified atom stereocenters. The van der Waals surface area contributed by atoms with Gasteiger partial charge in [0.15, 0.2) is 11.5 Å². The molecule has 0 fully saturated rings. The van der Waals surface area contributed by atoms with E-state index >= 15 is 0 Å². The number of rotatable bonds is 3. The van der Waals surface area contributed by atoms with Crippen LogP contribution in [0.2, 0.25) is 0 Å². The van der Waals surface area contributed by atoms with Gasteiger partial charge >= 0.3 is 5.69 Å². The second-order valence-corrected chi connectivity index (χ2v) is 6.44. The molecule has 0 aliphatic rings. The molecule has 4 rings (SSSR count). The van der Waals surface area contributed by atoms with Crippen molar-refractivity contribution in [1.29, 1.82) is 0 Å². The predicted molar refractivity (Wildman–Crippen MR) is 95.7 cm³/mol. The van der Waals surface area contributed by atoms with Crippen LogP contribution in [0.15, 0.2) is 57.8 Å². The lowest BCUT2D eigenvalue weighted by Gasteiger charge is -2.10. The number of nitrogens with zero attached hydrogens (tertiary/aromatic N) is 5. The number of fused-ring (bicyclic) bond motifs is 1. The van der Waals surface area contributed by atoms with Gasteiger partial charge in [-0.15, -0.1) is 11.3 Å². The van der Waals surface area contributed by atoms with Crippen molar-refractivity contribution in [2.45, 2.75) is 6.54 Å². The lowest BCUT2D eigenvalue weighted by atomic mass is 10.2. The summed E-state index contributed by atoms with van der Waals surface area (Å²) in [6.07, 6.45) is 4.74. The van der Waals surface area contributed by atoms with Gasteiger partial charge in [0.1, 0.15) is 5.39 Å². The van der Waals surface area contributed by atoms with Crippen LogP contribution in [0.4, 0.5) is 0 Å². The highest BCUT2D eigenvalue weighted by atomic mass is 32.1. The Kier molecular flexibility index (Phi) is 3.73. The van der Waals surface area contributed by atoms with Gasteiger partial charge in [-0.05, 0) is 29.1 Å². The average Bonchev–Trinajstić information content (AvgIpc) is 3.18. The van der Waals surface area contributed by atoms with Gasteiger partial charge in [0.25, 0.3) is 5.56 Å². The summed E-state index contributed by atoms with van der Waals surface area (Å²) in [6.45, 7) is 0.177. The lowest BCUT2D eigenvalue weighted by molar-refractivity contribution is 0.656. The third-order valence-corrected chi connectivity index (χ3v) is 4.78. The predicted octanol–water partition coefficient (Wildman–Crippen LogP) is 1.66. The van der Waals surface area contributed by atoms with Crippen LogP contribution in [0.1, 0.15) is 5.56 Å². The van der Waals surface area contributed by atoms with Crippen LogP contribution in [-0.4, -0.2) is 24.1 Å². The Morgan fingerprint density at radius 2 is 1.96 bits per heavy atom. The smallest absolute Gasteiger partial charge is 0.280 e. The Balaban J connectivity index is 1.91. The molecule has 0 aliphatic heterocycles. The average molecular weight is 351 g/mol. The fraction of sp³-hybridized carbons (Fsp3) is 0.118. The third-order valence-electron chi connectivity index (χ3n) is 3.91. The molecular weight excluding hydrogens is 338 g/mol. The van der Waals surface area contributed by atoms with E-state index < -0.39 is 11.2 Å². The Morgan fingerprint density at radius 1 is 1.16 bits per heavy atom. The fourth-order valence-corrected chi connectivity index (χ4v) is 3.28. The molecule has 8 heteroatoms. The Labute approximate surface area is 145 Å². The number of thiophene rings is 1. The van der Waals surface area contributed by atoms with E-state index in [2.05, 4.69) is 15.0 Å². The summed E-state index contributed by atoms with van der Waals surface area (Å²) in [5, 5.41) is 2.24. The van der Waals surface area contributed by atoms with Crippen molar-refractivity contribution < 1.29 is 0 Å². The molecule has 0 atom stereocenters. The number of aromatic nitrogens is 5. The zero-order valence-corrected chi connectivity index (χ0v) is 14.1. The van der Waals surface area contributed by atoms with E-state index in [4.69, 9.17) is 0 Å². The van der Waals surface area contributed by atoms with Crippen molar-refractivity contribution in [2.24, 2.45) is 7.05 Å². The highest BCUT2D eigenvalue weighted by molar-refractivity contribution is 7.13.